The lowest BCUT2D eigenvalue weighted by Crippen LogP contribution is -2.36. The van der Waals surface area contributed by atoms with E-state index in [9.17, 15) is 24.5 Å². The first kappa shape index (κ1) is 24.0. The molecule has 178 valence electrons. The zero-order valence-corrected chi connectivity index (χ0v) is 19.6. The van der Waals surface area contributed by atoms with Crippen LogP contribution in [0.2, 0.25) is 5.02 Å². The number of halogens is 1. The average molecular weight is 514 g/mol. The maximum absolute atomic E-state index is 12.7. The third-order valence-electron chi connectivity index (χ3n) is 4.85. The molecule has 0 saturated carbocycles. The first-order chi connectivity index (χ1) is 16.7. The molecule has 2 heterocycles. The number of amides is 3. The van der Waals surface area contributed by atoms with E-state index < -0.39 is 28.5 Å². The van der Waals surface area contributed by atoms with Gasteiger partial charge in [0, 0.05) is 22.9 Å². The Balaban J connectivity index is 1.48. The van der Waals surface area contributed by atoms with Gasteiger partial charge in [0.05, 0.1) is 28.6 Å². The van der Waals surface area contributed by atoms with E-state index in [2.05, 4.69) is 5.32 Å². The summed E-state index contributed by atoms with van der Waals surface area (Å²) in [6.07, 6.45) is 1.39. The van der Waals surface area contributed by atoms with Crippen LogP contribution in [0.25, 0.3) is 17.4 Å². The molecule has 0 atom stereocenters. The van der Waals surface area contributed by atoms with E-state index in [0.29, 0.717) is 33.8 Å². The molecule has 0 radical (unpaired) electrons. The van der Waals surface area contributed by atoms with Crippen LogP contribution in [0.15, 0.2) is 63.9 Å². The van der Waals surface area contributed by atoms with E-state index in [0.717, 1.165) is 4.90 Å². The molecule has 3 amide bonds. The van der Waals surface area contributed by atoms with Crippen molar-refractivity contribution in [3.8, 4) is 17.1 Å². The number of hydrogen-bond acceptors (Lipinski definition) is 8. The molecule has 1 fully saturated rings. The van der Waals surface area contributed by atoms with Crippen LogP contribution in [0, 0.1) is 10.1 Å². The zero-order valence-electron chi connectivity index (χ0n) is 18.0. The van der Waals surface area contributed by atoms with Crippen molar-refractivity contribution >= 4 is 57.9 Å². The van der Waals surface area contributed by atoms with Gasteiger partial charge >= 0.3 is 0 Å². The minimum Gasteiger partial charge on any atom is -0.496 e. The Kier molecular flexibility index (Phi) is 6.90. The van der Waals surface area contributed by atoms with Crippen molar-refractivity contribution in [2.45, 2.75) is 0 Å². The quantitative estimate of drug-likeness (QED) is 0.259. The van der Waals surface area contributed by atoms with Crippen molar-refractivity contribution in [3.63, 3.8) is 0 Å². The van der Waals surface area contributed by atoms with Crippen LogP contribution in [0.5, 0.6) is 5.75 Å². The Labute approximate surface area is 207 Å². The number of carbonyl (C=O) groups excluding carboxylic acids is 3. The number of nitro groups is 1. The Morgan fingerprint density at radius 3 is 2.74 bits per heavy atom. The highest BCUT2D eigenvalue weighted by Crippen LogP contribution is 2.36. The van der Waals surface area contributed by atoms with Crippen LogP contribution >= 0.6 is 23.4 Å². The SMILES string of the molecule is COc1cc([N+](=O)[O-])ccc1-c1ccc(/C=C2/SC(=O)N(CC(=O)Nc3cccc(Cl)c3)C2=O)o1. The largest absolute Gasteiger partial charge is 0.496 e. The summed E-state index contributed by atoms with van der Waals surface area (Å²) in [6, 6.07) is 13.8. The molecule has 1 aliphatic heterocycles. The molecule has 0 spiro atoms. The summed E-state index contributed by atoms with van der Waals surface area (Å²) in [5.41, 5.74) is 0.781. The van der Waals surface area contributed by atoms with E-state index in [1.165, 1.54) is 31.4 Å². The molecule has 3 aromatic rings. The highest BCUT2D eigenvalue weighted by molar-refractivity contribution is 8.18. The molecule has 4 rings (SSSR count). The highest BCUT2D eigenvalue weighted by atomic mass is 35.5. The molecule has 1 aromatic heterocycles. The van der Waals surface area contributed by atoms with E-state index in [1.807, 2.05) is 0 Å². The molecule has 10 nitrogen and oxygen atoms in total. The Morgan fingerprint density at radius 2 is 2.03 bits per heavy atom. The number of non-ortho nitro benzene ring substituents is 1. The number of methoxy groups -OCH3 is 1. The molecule has 1 N–H and O–H groups in total. The summed E-state index contributed by atoms with van der Waals surface area (Å²) in [4.78, 5) is 48.8. The van der Waals surface area contributed by atoms with Gasteiger partial charge in [-0.3, -0.25) is 29.4 Å². The minimum atomic E-state index is -0.632. The van der Waals surface area contributed by atoms with Crippen molar-refractivity contribution in [3.05, 3.63) is 80.4 Å². The van der Waals surface area contributed by atoms with Crippen LogP contribution in [0.1, 0.15) is 5.76 Å². The molecular weight excluding hydrogens is 498 g/mol. The maximum Gasteiger partial charge on any atom is 0.294 e. The number of benzene rings is 2. The maximum atomic E-state index is 12.7. The summed E-state index contributed by atoms with van der Waals surface area (Å²) in [7, 11) is 1.38. The lowest BCUT2D eigenvalue weighted by Gasteiger charge is -2.12. The van der Waals surface area contributed by atoms with Crippen molar-refractivity contribution in [2.75, 3.05) is 19.0 Å². The fourth-order valence-corrected chi connectivity index (χ4v) is 4.26. The third kappa shape index (κ3) is 5.36. The number of hydrogen-bond donors (Lipinski definition) is 1. The van der Waals surface area contributed by atoms with Gasteiger partial charge in [-0.25, -0.2) is 0 Å². The summed E-state index contributed by atoms with van der Waals surface area (Å²) in [5.74, 6) is -0.322. The number of nitrogens with one attached hydrogen (secondary N) is 1. The van der Waals surface area contributed by atoms with Gasteiger partial charge in [-0.2, -0.15) is 0 Å². The van der Waals surface area contributed by atoms with Gasteiger partial charge in [-0.15, -0.1) is 0 Å². The molecule has 1 saturated heterocycles. The normalized spacial score (nSPS) is 14.5. The van der Waals surface area contributed by atoms with Crippen molar-refractivity contribution in [2.24, 2.45) is 0 Å². The smallest absolute Gasteiger partial charge is 0.294 e. The number of carbonyl (C=O) groups is 3. The van der Waals surface area contributed by atoms with E-state index >= 15 is 0 Å². The second-order valence-electron chi connectivity index (χ2n) is 7.17. The number of nitro benzene ring substituents is 1. The predicted octanol–water partition coefficient (Wildman–Crippen LogP) is 5.19. The minimum absolute atomic E-state index is 0.0853. The lowest BCUT2D eigenvalue weighted by atomic mass is 10.1. The predicted molar refractivity (Wildman–Crippen MR) is 130 cm³/mol. The monoisotopic (exact) mass is 513 g/mol. The fourth-order valence-electron chi connectivity index (χ4n) is 3.25. The standard InChI is InChI=1S/C23H16ClN3O7S/c1-33-19-10-15(27(31)32)5-7-17(19)18-8-6-16(34-18)11-20-22(29)26(23(30)35-20)12-21(28)25-14-4-2-3-13(24)9-14/h2-11H,12H2,1H3,(H,25,28)/b20-11+. The van der Waals surface area contributed by atoms with E-state index in [4.69, 9.17) is 20.8 Å². The van der Waals surface area contributed by atoms with Gasteiger partial charge in [-0.05, 0) is 48.2 Å². The number of nitrogens with zero attached hydrogens (tertiary/aromatic N) is 2. The number of anilines is 1. The highest BCUT2D eigenvalue weighted by Gasteiger charge is 2.36. The number of ether oxygens (including phenoxy) is 1. The molecular formula is C23H16ClN3O7S. The van der Waals surface area contributed by atoms with Gasteiger partial charge in [0.2, 0.25) is 5.91 Å². The first-order valence-electron chi connectivity index (χ1n) is 9.98. The summed E-state index contributed by atoms with van der Waals surface area (Å²) in [5, 5.41) is 13.4. The van der Waals surface area contributed by atoms with Crippen molar-refractivity contribution in [1.82, 2.24) is 4.90 Å². The number of imide groups is 1. The topological polar surface area (TPSA) is 132 Å². The third-order valence-corrected chi connectivity index (χ3v) is 5.99. The number of furan rings is 1. The molecule has 0 bridgehead atoms. The van der Waals surface area contributed by atoms with Crippen LogP contribution < -0.4 is 10.1 Å². The molecule has 0 aliphatic carbocycles. The molecule has 2 aromatic carbocycles. The van der Waals surface area contributed by atoms with E-state index in [1.54, 1.807) is 36.4 Å². The number of thioether (sulfide) groups is 1. The Morgan fingerprint density at radius 1 is 1.23 bits per heavy atom. The first-order valence-corrected chi connectivity index (χ1v) is 11.2. The molecule has 1 aliphatic rings. The second kappa shape index (κ2) is 10.0. The summed E-state index contributed by atoms with van der Waals surface area (Å²) in [6.45, 7) is -0.460. The van der Waals surface area contributed by atoms with Gasteiger partial charge in [0.1, 0.15) is 23.8 Å². The molecule has 12 heteroatoms. The van der Waals surface area contributed by atoms with Gasteiger partial charge in [0.15, 0.2) is 0 Å². The fraction of sp³-hybridized carbons (Fsp3) is 0.0870. The van der Waals surface area contributed by atoms with Crippen molar-refractivity contribution in [1.29, 1.82) is 0 Å². The second-order valence-corrected chi connectivity index (χ2v) is 8.60. The lowest BCUT2D eigenvalue weighted by molar-refractivity contribution is -0.384. The molecule has 35 heavy (non-hydrogen) atoms. The van der Waals surface area contributed by atoms with Crippen LogP contribution in [0.4, 0.5) is 16.2 Å². The van der Waals surface area contributed by atoms with Crippen LogP contribution in [-0.4, -0.2) is 40.5 Å². The average Bonchev–Trinajstić information content (AvgIpc) is 3.38. The van der Waals surface area contributed by atoms with E-state index in [-0.39, 0.29) is 22.1 Å². The summed E-state index contributed by atoms with van der Waals surface area (Å²) >= 11 is 6.58. The molecule has 0 unspecified atom stereocenters. The Bertz CT molecular complexity index is 1380. The summed E-state index contributed by atoms with van der Waals surface area (Å²) < 4.78 is 11.0. The van der Waals surface area contributed by atoms with Gasteiger partial charge < -0.3 is 14.5 Å². The Hall–Kier alpha value is -4.09. The van der Waals surface area contributed by atoms with Crippen LogP contribution in [-0.2, 0) is 9.59 Å². The van der Waals surface area contributed by atoms with Gasteiger partial charge in [0.25, 0.3) is 16.8 Å². The van der Waals surface area contributed by atoms with Crippen LogP contribution in [0.3, 0.4) is 0 Å². The van der Waals surface area contributed by atoms with Gasteiger partial charge in [-0.1, -0.05) is 17.7 Å². The number of rotatable bonds is 7. The van der Waals surface area contributed by atoms with Crippen molar-refractivity contribution < 1.29 is 28.5 Å². The zero-order chi connectivity index (χ0) is 25.1.